The molecule has 0 fully saturated rings. The van der Waals surface area contributed by atoms with Crippen LogP contribution in [0.4, 0.5) is 0 Å². The summed E-state index contributed by atoms with van der Waals surface area (Å²) >= 11 is 0. The second-order valence-electron chi connectivity index (χ2n) is 8.44. The number of nitrogens with zero attached hydrogens (tertiary/aromatic N) is 1. The van der Waals surface area contributed by atoms with Crippen molar-refractivity contribution in [3.63, 3.8) is 0 Å². The highest BCUT2D eigenvalue weighted by Gasteiger charge is 2.30. The predicted octanol–water partition coefficient (Wildman–Crippen LogP) is 4.99. The maximum Gasteiger partial charge on any atom is 0.309 e. The Kier molecular flexibility index (Phi) is 8.20. The molecule has 0 saturated heterocycles. The highest BCUT2D eigenvalue weighted by molar-refractivity contribution is 5.99. The fraction of sp³-hybridized carbons (Fsp3) is 0.480. The topological polar surface area (TPSA) is 85.7 Å². The highest BCUT2D eigenvalue weighted by atomic mass is 16.5. The predicted molar refractivity (Wildman–Crippen MR) is 120 cm³/mol. The number of pyridine rings is 1. The third-order valence-corrected chi connectivity index (χ3v) is 5.80. The molecule has 0 spiro atoms. The summed E-state index contributed by atoms with van der Waals surface area (Å²) in [6, 6.07) is 7.64. The lowest BCUT2D eigenvalue weighted by molar-refractivity contribution is -0.154. The fourth-order valence-corrected chi connectivity index (χ4v) is 3.92. The molecular formula is C25H33NO5. The number of ether oxygens (including phenoxy) is 2. The Bertz CT molecular complexity index is 938. The number of rotatable bonds is 9. The zero-order valence-electron chi connectivity index (χ0n) is 19.4. The Morgan fingerprint density at radius 2 is 1.77 bits per heavy atom. The summed E-state index contributed by atoms with van der Waals surface area (Å²) in [6.45, 7) is 11.9. The minimum Gasteiger partial charge on any atom is -0.503 e. The summed E-state index contributed by atoms with van der Waals surface area (Å²) in [5, 5.41) is 10.1. The molecule has 0 aliphatic heterocycles. The Labute approximate surface area is 184 Å². The number of hydrogen-bond acceptors (Lipinski definition) is 6. The molecule has 0 aliphatic rings. The van der Waals surface area contributed by atoms with Crippen LogP contribution in [0, 0.1) is 25.7 Å². The normalized spacial score (nSPS) is 14.1. The Morgan fingerprint density at radius 1 is 1.10 bits per heavy atom. The van der Waals surface area contributed by atoms with Crippen LogP contribution in [0.5, 0.6) is 11.5 Å². The van der Waals surface area contributed by atoms with E-state index in [0.29, 0.717) is 0 Å². The summed E-state index contributed by atoms with van der Waals surface area (Å²) in [6.07, 6.45) is 0.914. The van der Waals surface area contributed by atoms with Crippen molar-refractivity contribution in [2.75, 3.05) is 7.11 Å². The minimum atomic E-state index is -0.672. The Hall–Kier alpha value is -2.89. The van der Waals surface area contributed by atoms with Gasteiger partial charge >= 0.3 is 5.97 Å². The van der Waals surface area contributed by atoms with Gasteiger partial charge < -0.3 is 14.6 Å². The van der Waals surface area contributed by atoms with E-state index < -0.39 is 17.7 Å². The van der Waals surface area contributed by atoms with Gasteiger partial charge in [0.15, 0.2) is 23.0 Å². The summed E-state index contributed by atoms with van der Waals surface area (Å²) in [5.41, 5.74) is 3.46. The van der Waals surface area contributed by atoms with Crippen molar-refractivity contribution < 1.29 is 24.2 Å². The van der Waals surface area contributed by atoms with Gasteiger partial charge in [-0.05, 0) is 43.4 Å². The first-order chi connectivity index (χ1) is 14.6. The quantitative estimate of drug-likeness (QED) is 0.448. The van der Waals surface area contributed by atoms with Gasteiger partial charge in [-0.15, -0.1) is 0 Å². The van der Waals surface area contributed by atoms with Gasteiger partial charge in [0, 0.05) is 24.6 Å². The van der Waals surface area contributed by atoms with E-state index in [0.717, 1.165) is 0 Å². The van der Waals surface area contributed by atoms with E-state index in [1.54, 1.807) is 6.92 Å². The van der Waals surface area contributed by atoms with E-state index in [4.69, 9.17) is 9.47 Å². The standard InChI is InChI=1S/C25H33NO5/c1-14(2)22(19-10-8-9-15(3)17(19)5)18(6)31-25(29)16(4)13-20(27)23-24(28)21(30-7)11-12-26-23/h8-12,14,16,18,22,28H,13H2,1-7H3/t16-,18+,22-/m1/s1. The van der Waals surface area contributed by atoms with Crippen molar-refractivity contribution in [1.82, 2.24) is 4.98 Å². The molecule has 6 heteroatoms. The van der Waals surface area contributed by atoms with Crippen LogP contribution in [-0.4, -0.2) is 35.1 Å². The van der Waals surface area contributed by atoms with Gasteiger partial charge in [0.1, 0.15) is 6.10 Å². The average Bonchev–Trinajstić information content (AvgIpc) is 2.71. The number of aromatic nitrogens is 1. The average molecular weight is 428 g/mol. The maximum absolute atomic E-state index is 12.8. The number of esters is 1. The number of methoxy groups -OCH3 is 1. The van der Waals surface area contributed by atoms with Crippen LogP contribution >= 0.6 is 0 Å². The maximum atomic E-state index is 12.8. The molecule has 0 amide bonds. The lowest BCUT2D eigenvalue weighted by Gasteiger charge is -2.30. The van der Waals surface area contributed by atoms with Crippen LogP contribution in [0.2, 0.25) is 0 Å². The van der Waals surface area contributed by atoms with Gasteiger partial charge in [-0.1, -0.05) is 39.0 Å². The molecule has 0 saturated carbocycles. The van der Waals surface area contributed by atoms with Gasteiger partial charge in [-0.2, -0.15) is 0 Å². The van der Waals surface area contributed by atoms with Crippen molar-refractivity contribution in [3.8, 4) is 11.5 Å². The minimum absolute atomic E-state index is 0.0378. The van der Waals surface area contributed by atoms with Crippen LogP contribution in [0.3, 0.4) is 0 Å². The summed E-state index contributed by atoms with van der Waals surface area (Å²) < 4.78 is 10.8. The van der Waals surface area contributed by atoms with Gasteiger partial charge in [0.2, 0.25) is 0 Å². The van der Waals surface area contributed by atoms with E-state index in [1.165, 1.54) is 36.1 Å². The first kappa shape index (κ1) is 24.4. The molecule has 0 unspecified atom stereocenters. The molecule has 1 aromatic heterocycles. The fourth-order valence-electron chi connectivity index (χ4n) is 3.92. The molecule has 1 heterocycles. The van der Waals surface area contributed by atoms with Gasteiger partial charge in [-0.3, -0.25) is 9.59 Å². The largest absolute Gasteiger partial charge is 0.503 e. The third-order valence-electron chi connectivity index (χ3n) is 5.80. The molecule has 3 atom stereocenters. The van der Waals surface area contributed by atoms with Crippen molar-refractivity contribution in [2.45, 2.75) is 60.0 Å². The van der Waals surface area contributed by atoms with E-state index in [2.05, 4.69) is 44.8 Å². The van der Waals surface area contributed by atoms with E-state index >= 15 is 0 Å². The molecule has 2 rings (SSSR count). The molecule has 1 aromatic carbocycles. The van der Waals surface area contributed by atoms with Crippen molar-refractivity contribution in [2.24, 2.45) is 11.8 Å². The first-order valence-electron chi connectivity index (χ1n) is 10.6. The SMILES string of the molecule is COc1ccnc(C(=O)C[C@@H](C)C(=O)O[C@@H](C)[C@H](c2cccc(C)c2C)C(C)C)c1O. The second kappa shape index (κ2) is 10.4. The Morgan fingerprint density at radius 3 is 2.39 bits per heavy atom. The van der Waals surface area contributed by atoms with Crippen LogP contribution < -0.4 is 4.74 Å². The van der Waals surface area contributed by atoms with E-state index in [-0.39, 0.29) is 41.6 Å². The van der Waals surface area contributed by atoms with Crippen molar-refractivity contribution >= 4 is 11.8 Å². The second-order valence-corrected chi connectivity index (χ2v) is 8.44. The molecule has 0 bridgehead atoms. The van der Waals surface area contributed by atoms with Crippen LogP contribution in [-0.2, 0) is 9.53 Å². The van der Waals surface area contributed by atoms with Crippen molar-refractivity contribution in [3.05, 3.63) is 52.8 Å². The smallest absolute Gasteiger partial charge is 0.309 e. The summed E-state index contributed by atoms with van der Waals surface area (Å²) in [4.78, 5) is 29.3. The van der Waals surface area contributed by atoms with Crippen LogP contribution in [0.1, 0.15) is 67.2 Å². The van der Waals surface area contributed by atoms with Crippen LogP contribution in [0.25, 0.3) is 0 Å². The first-order valence-corrected chi connectivity index (χ1v) is 10.6. The van der Waals surface area contributed by atoms with E-state index in [9.17, 15) is 14.7 Å². The number of carbonyl (C=O) groups excluding carboxylic acids is 2. The zero-order valence-corrected chi connectivity index (χ0v) is 19.4. The molecule has 6 nitrogen and oxygen atoms in total. The zero-order chi connectivity index (χ0) is 23.3. The lowest BCUT2D eigenvalue weighted by atomic mass is 9.81. The summed E-state index contributed by atoms with van der Waals surface area (Å²) in [5.74, 6) is -1.42. The third kappa shape index (κ3) is 5.63. The van der Waals surface area contributed by atoms with Gasteiger partial charge in [0.05, 0.1) is 13.0 Å². The van der Waals surface area contributed by atoms with Crippen molar-refractivity contribution in [1.29, 1.82) is 0 Å². The molecule has 31 heavy (non-hydrogen) atoms. The summed E-state index contributed by atoms with van der Waals surface area (Å²) in [7, 11) is 1.39. The highest BCUT2D eigenvalue weighted by Crippen LogP contribution is 2.34. The molecule has 0 radical (unpaired) electrons. The molecule has 1 N–H and O–H groups in total. The number of carbonyl (C=O) groups is 2. The number of hydrogen-bond donors (Lipinski definition) is 1. The monoisotopic (exact) mass is 427 g/mol. The Balaban J connectivity index is 2.12. The molecular weight excluding hydrogens is 394 g/mol. The number of aryl methyl sites for hydroxylation is 1. The molecule has 168 valence electrons. The molecule has 2 aromatic rings. The number of aromatic hydroxyl groups is 1. The lowest BCUT2D eigenvalue weighted by Crippen LogP contribution is -2.30. The number of benzene rings is 1. The van der Waals surface area contributed by atoms with Gasteiger partial charge in [0.25, 0.3) is 0 Å². The van der Waals surface area contributed by atoms with Gasteiger partial charge in [-0.25, -0.2) is 4.98 Å². The van der Waals surface area contributed by atoms with Crippen LogP contribution in [0.15, 0.2) is 30.5 Å². The number of ketones is 1. The molecule has 0 aliphatic carbocycles. The number of Topliss-reactive ketones (excluding diaryl/α,β-unsaturated/α-hetero) is 1. The van der Waals surface area contributed by atoms with E-state index in [1.807, 2.05) is 13.0 Å².